The van der Waals surface area contributed by atoms with Gasteiger partial charge >= 0.3 is 0 Å². The van der Waals surface area contributed by atoms with Crippen molar-refractivity contribution in [2.24, 2.45) is 5.92 Å². The van der Waals surface area contributed by atoms with Gasteiger partial charge in [0, 0.05) is 12.6 Å². The number of nitrogen functional groups attached to an aromatic ring is 1. The summed E-state index contributed by atoms with van der Waals surface area (Å²) < 4.78 is 1.51. The fourth-order valence-electron chi connectivity index (χ4n) is 3.57. The number of hydrogen-bond donors (Lipinski definition) is 1. The molecule has 2 N–H and O–H groups in total. The van der Waals surface area contributed by atoms with Gasteiger partial charge in [-0.25, -0.2) is 4.98 Å². The summed E-state index contributed by atoms with van der Waals surface area (Å²) in [5.41, 5.74) is 5.85. The van der Waals surface area contributed by atoms with Crippen molar-refractivity contribution >= 4 is 11.9 Å². The number of nitrogens with zero attached hydrogens (tertiary/aromatic N) is 7. The Bertz CT molecular complexity index is 625. The zero-order valence-corrected chi connectivity index (χ0v) is 11.8. The maximum atomic E-state index is 5.85. The molecule has 21 heavy (non-hydrogen) atoms. The molecule has 2 unspecified atom stereocenters. The number of nitrogens with two attached hydrogens (primary N) is 1. The molecular weight excluding hydrogens is 268 g/mol. The molecule has 8 nitrogen and oxygen atoms in total. The maximum absolute atomic E-state index is 5.85. The van der Waals surface area contributed by atoms with Crippen LogP contribution in [0.2, 0.25) is 0 Å². The van der Waals surface area contributed by atoms with Crippen molar-refractivity contribution in [2.45, 2.75) is 38.1 Å². The van der Waals surface area contributed by atoms with Gasteiger partial charge in [0.2, 0.25) is 11.9 Å². The van der Waals surface area contributed by atoms with E-state index in [0.29, 0.717) is 17.9 Å². The molecular formula is C13H18N8. The van der Waals surface area contributed by atoms with Crippen molar-refractivity contribution in [2.75, 3.05) is 17.2 Å². The first-order valence-electron chi connectivity index (χ1n) is 7.44. The topological polar surface area (TPSA) is 98.6 Å². The third-order valence-corrected chi connectivity index (χ3v) is 4.52. The smallest absolute Gasteiger partial charge is 0.258 e. The molecule has 2 fully saturated rings. The van der Waals surface area contributed by atoms with E-state index in [1.807, 2.05) is 0 Å². The van der Waals surface area contributed by atoms with Gasteiger partial charge in [0.15, 0.2) is 0 Å². The fraction of sp³-hybridized carbons (Fsp3) is 0.615. The standard InChI is InChI=1S/C13H18N8/c14-11-17-12(19-13(18-11)21-8-15-7-16-21)20-6-5-9-3-1-2-4-10(9)20/h7-10H,1-6H2,(H2,14,17,18,19). The molecule has 4 rings (SSSR count). The van der Waals surface area contributed by atoms with Gasteiger partial charge < -0.3 is 10.6 Å². The predicted molar refractivity (Wildman–Crippen MR) is 76.9 cm³/mol. The molecule has 1 aliphatic heterocycles. The zero-order chi connectivity index (χ0) is 14.2. The van der Waals surface area contributed by atoms with Crippen LogP contribution in [0.15, 0.2) is 12.7 Å². The average Bonchev–Trinajstić information content (AvgIpc) is 3.16. The average molecular weight is 286 g/mol. The summed E-state index contributed by atoms with van der Waals surface area (Å²) in [7, 11) is 0. The van der Waals surface area contributed by atoms with Crippen LogP contribution in [-0.2, 0) is 0 Å². The third-order valence-electron chi connectivity index (χ3n) is 4.52. The van der Waals surface area contributed by atoms with E-state index in [1.54, 1.807) is 6.33 Å². The highest BCUT2D eigenvalue weighted by Gasteiger charge is 2.37. The van der Waals surface area contributed by atoms with Gasteiger partial charge in [-0.1, -0.05) is 12.8 Å². The molecule has 3 heterocycles. The minimum absolute atomic E-state index is 0.227. The van der Waals surface area contributed by atoms with Crippen LogP contribution < -0.4 is 10.6 Å². The second-order valence-electron chi connectivity index (χ2n) is 5.73. The van der Waals surface area contributed by atoms with Gasteiger partial charge in [-0.3, -0.25) is 0 Å². The molecule has 0 amide bonds. The van der Waals surface area contributed by atoms with E-state index >= 15 is 0 Å². The summed E-state index contributed by atoms with van der Waals surface area (Å²) in [4.78, 5) is 19.2. The van der Waals surface area contributed by atoms with Crippen LogP contribution in [0.3, 0.4) is 0 Å². The lowest BCUT2D eigenvalue weighted by atomic mass is 9.85. The minimum atomic E-state index is 0.227. The van der Waals surface area contributed by atoms with E-state index in [2.05, 4.69) is 29.9 Å². The van der Waals surface area contributed by atoms with Gasteiger partial charge in [0.25, 0.3) is 5.95 Å². The van der Waals surface area contributed by atoms with Gasteiger partial charge in [0.05, 0.1) is 0 Å². The van der Waals surface area contributed by atoms with E-state index in [0.717, 1.165) is 12.5 Å². The van der Waals surface area contributed by atoms with E-state index in [1.165, 1.54) is 43.1 Å². The molecule has 8 heteroatoms. The minimum Gasteiger partial charge on any atom is -0.368 e. The fourth-order valence-corrected chi connectivity index (χ4v) is 3.57. The predicted octanol–water partition coefficient (Wildman–Crippen LogP) is 0.803. The van der Waals surface area contributed by atoms with Crippen molar-refractivity contribution in [1.29, 1.82) is 0 Å². The molecule has 0 bridgehead atoms. The Morgan fingerprint density at radius 2 is 1.90 bits per heavy atom. The monoisotopic (exact) mass is 286 g/mol. The Morgan fingerprint density at radius 1 is 1.05 bits per heavy atom. The van der Waals surface area contributed by atoms with Crippen molar-refractivity contribution in [3.05, 3.63) is 12.7 Å². The molecule has 1 saturated heterocycles. The molecule has 2 aliphatic rings. The van der Waals surface area contributed by atoms with Gasteiger partial charge in [-0.05, 0) is 25.2 Å². The highest BCUT2D eigenvalue weighted by Crippen LogP contribution is 2.37. The highest BCUT2D eigenvalue weighted by atomic mass is 15.4. The molecule has 0 spiro atoms. The quantitative estimate of drug-likeness (QED) is 0.871. The normalized spacial score (nSPS) is 25.0. The summed E-state index contributed by atoms with van der Waals surface area (Å²) in [5.74, 6) is 2.09. The van der Waals surface area contributed by atoms with Crippen LogP contribution in [-0.4, -0.2) is 42.3 Å². The second-order valence-corrected chi connectivity index (χ2v) is 5.73. The zero-order valence-electron chi connectivity index (χ0n) is 11.8. The van der Waals surface area contributed by atoms with Crippen LogP contribution in [0.1, 0.15) is 32.1 Å². The number of fused-ring (bicyclic) bond motifs is 1. The molecule has 2 aromatic rings. The lowest BCUT2D eigenvalue weighted by Crippen LogP contribution is -2.36. The lowest BCUT2D eigenvalue weighted by molar-refractivity contribution is 0.340. The summed E-state index contributed by atoms with van der Waals surface area (Å²) >= 11 is 0. The molecule has 1 aliphatic carbocycles. The van der Waals surface area contributed by atoms with Crippen molar-refractivity contribution in [3.63, 3.8) is 0 Å². The molecule has 1 saturated carbocycles. The summed E-state index contributed by atoms with van der Waals surface area (Å²) in [6.07, 6.45) is 9.40. The number of hydrogen-bond acceptors (Lipinski definition) is 7. The molecule has 0 radical (unpaired) electrons. The van der Waals surface area contributed by atoms with Gasteiger partial charge in [-0.2, -0.15) is 24.7 Å². The van der Waals surface area contributed by atoms with Crippen LogP contribution in [0.4, 0.5) is 11.9 Å². The van der Waals surface area contributed by atoms with E-state index in [9.17, 15) is 0 Å². The molecule has 110 valence electrons. The summed E-state index contributed by atoms with van der Waals surface area (Å²) in [6, 6.07) is 0.546. The van der Waals surface area contributed by atoms with Crippen molar-refractivity contribution < 1.29 is 0 Å². The van der Waals surface area contributed by atoms with Gasteiger partial charge in [0.1, 0.15) is 12.7 Å². The molecule has 2 aromatic heterocycles. The summed E-state index contributed by atoms with van der Waals surface area (Å²) in [6.45, 7) is 0.996. The number of anilines is 2. The summed E-state index contributed by atoms with van der Waals surface area (Å²) in [5, 5.41) is 4.06. The first kappa shape index (κ1) is 12.5. The lowest BCUT2D eigenvalue weighted by Gasteiger charge is -2.31. The van der Waals surface area contributed by atoms with E-state index in [4.69, 9.17) is 5.73 Å². The number of rotatable bonds is 2. The van der Waals surface area contributed by atoms with Crippen molar-refractivity contribution in [3.8, 4) is 5.95 Å². The number of aromatic nitrogens is 6. The third kappa shape index (κ3) is 2.20. The van der Waals surface area contributed by atoms with Crippen LogP contribution in [0.5, 0.6) is 0 Å². The highest BCUT2D eigenvalue weighted by molar-refractivity contribution is 5.40. The Morgan fingerprint density at radius 3 is 2.76 bits per heavy atom. The Hall–Kier alpha value is -2.25. The molecule has 0 aromatic carbocycles. The second kappa shape index (κ2) is 4.94. The van der Waals surface area contributed by atoms with E-state index in [-0.39, 0.29) is 5.95 Å². The van der Waals surface area contributed by atoms with E-state index < -0.39 is 0 Å². The first-order valence-corrected chi connectivity index (χ1v) is 7.44. The van der Waals surface area contributed by atoms with Crippen molar-refractivity contribution in [1.82, 2.24) is 29.7 Å². The Kier molecular flexibility index (Phi) is 2.94. The van der Waals surface area contributed by atoms with Crippen LogP contribution in [0, 0.1) is 5.92 Å². The van der Waals surface area contributed by atoms with Gasteiger partial charge in [-0.15, -0.1) is 0 Å². The SMILES string of the molecule is Nc1nc(N2CCC3CCCCC32)nc(-n2cncn2)n1. The van der Waals surface area contributed by atoms with Crippen LogP contribution in [0.25, 0.3) is 5.95 Å². The molecule has 2 atom stereocenters. The maximum Gasteiger partial charge on any atom is 0.258 e. The van der Waals surface area contributed by atoms with Crippen LogP contribution >= 0.6 is 0 Å². The Balaban J connectivity index is 1.69. The Labute approximate surface area is 122 Å². The largest absolute Gasteiger partial charge is 0.368 e. The first-order chi connectivity index (χ1) is 10.3.